The topological polar surface area (TPSA) is 36.4 Å². The number of hydrazone groups is 1. The molecule has 0 unspecified atom stereocenters. The van der Waals surface area contributed by atoms with Crippen LogP contribution in [0.2, 0.25) is 5.02 Å². The van der Waals surface area contributed by atoms with Gasteiger partial charge in [-0.05, 0) is 17.7 Å². The zero-order chi connectivity index (χ0) is 9.10. The lowest BCUT2D eigenvalue weighted by Crippen LogP contribution is -2.37. The first-order valence-corrected chi connectivity index (χ1v) is 4.50. The zero-order valence-electron chi connectivity index (χ0n) is 7.05. The monoisotopic (exact) mass is 195 g/mol. The summed E-state index contributed by atoms with van der Waals surface area (Å²) in [5, 5.41) is 8.11. The lowest BCUT2D eigenvalue weighted by Gasteiger charge is -2.14. The van der Waals surface area contributed by atoms with Gasteiger partial charge in [0, 0.05) is 11.6 Å². The number of benzene rings is 1. The maximum absolute atomic E-state index is 5.78. The van der Waals surface area contributed by atoms with E-state index in [9.17, 15) is 0 Å². The van der Waals surface area contributed by atoms with Gasteiger partial charge in [-0.15, -0.1) is 0 Å². The van der Waals surface area contributed by atoms with Crippen molar-refractivity contribution >= 4 is 17.3 Å². The quantitative estimate of drug-likeness (QED) is 0.707. The van der Waals surface area contributed by atoms with Gasteiger partial charge < -0.3 is 0 Å². The normalized spacial score (nSPS) is 16.2. The van der Waals surface area contributed by atoms with Crippen molar-refractivity contribution in [1.82, 2.24) is 10.7 Å². The minimum Gasteiger partial charge on any atom is -0.296 e. The highest BCUT2D eigenvalue weighted by Gasteiger charge is 2.05. The molecule has 0 aromatic heterocycles. The smallest absolute Gasteiger partial charge is 0.0826 e. The van der Waals surface area contributed by atoms with Crippen molar-refractivity contribution in [3.63, 3.8) is 0 Å². The summed E-state index contributed by atoms with van der Waals surface area (Å²) >= 11 is 5.78. The summed E-state index contributed by atoms with van der Waals surface area (Å²) in [5.74, 6) is 0. The molecular weight excluding hydrogens is 186 g/mol. The molecule has 0 spiro atoms. The highest BCUT2D eigenvalue weighted by molar-refractivity contribution is 6.30. The summed E-state index contributed by atoms with van der Waals surface area (Å²) in [6.45, 7) is 1.53. The zero-order valence-corrected chi connectivity index (χ0v) is 7.80. The average molecular weight is 196 g/mol. The number of nitrogens with one attached hydrogen (secondary N) is 2. The Morgan fingerprint density at radius 3 is 2.62 bits per heavy atom. The van der Waals surface area contributed by atoms with Crippen molar-refractivity contribution in [1.29, 1.82) is 0 Å². The van der Waals surface area contributed by atoms with E-state index in [2.05, 4.69) is 15.8 Å². The van der Waals surface area contributed by atoms with Gasteiger partial charge in [0.15, 0.2) is 0 Å². The van der Waals surface area contributed by atoms with Gasteiger partial charge in [-0.25, -0.2) is 0 Å². The molecule has 0 saturated heterocycles. The number of hydrogen-bond acceptors (Lipinski definition) is 3. The van der Waals surface area contributed by atoms with Gasteiger partial charge in [0.05, 0.1) is 12.4 Å². The first kappa shape index (κ1) is 8.53. The maximum Gasteiger partial charge on any atom is 0.0826 e. The van der Waals surface area contributed by atoms with E-state index in [0.717, 1.165) is 29.5 Å². The van der Waals surface area contributed by atoms with Crippen LogP contribution in [-0.4, -0.2) is 18.9 Å². The first-order valence-electron chi connectivity index (χ1n) is 4.12. The van der Waals surface area contributed by atoms with E-state index in [4.69, 9.17) is 11.6 Å². The van der Waals surface area contributed by atoms with Crippen molar-refractivity contribution < 1.29 is 0 Å². The van der Waals surface area contributed by atoms with Crippen LogP contribution < -0.4 is 10.7 Å². The van der Waals surface area contributed by atoms with Crippen LogP contribution >= 0.6 is 11.6 Å². The Kier molecular flexibility index (Phi) is 2.47. The van der Waals surface area contributed by atoms with Crippen LogP contribution in [0, 0.1) is 0 Å². The average Bonchev–Trinajstić information content (AvgIpc) is 2.20. The molecule has 4 heteroatoms. The van der Waals surface area contributed by atoms with Gasteiger partial charge in [0.1, 0.15) is 0 Å². The molecule has 1 aromatic carbocycles. The van der Waals surface area contributed by atoms with Crippen LogP contribution in [0.3, 0.4) is 0 Å². The fraction of sp³-hybridized carbons (Fsp3) is 0.222. The van der Waals surface area contributed by atoms with E-state index >= 15 is 0 Å². The van der Waals surface area contributed by atoms with Crippen LogP contribution in [0.5, 0.6) is 0 Å². The number of halogens is 1. The van der Waals surface area contributed by atoms with Gasteiger partial charge in [-0.3, -0.25) is 10.7 Å². The minimum absolute atomic E-state index is 0.733. The molecule has 0 amide bonds. The van der Waals surface area contributed by atoms with E-state index in [1.54, 1.807) is 0 Å². The molecule has 1 heterocycles. The molecule has 13 heavy (non-hydrogen) atoms. The minimum atomic E-state index is 0.733. The second-order valence-corrected chi connectivity index (χ2v) is 3.26. The Hall–Kier alpha value is -1.06. The van der Waals surface area contributed by atoms with E-state index in [1.807, 2.05) is 24.3 Å². The summed E-state index contributed by atoms with van der Waals surface area (Å²) in [7, 11) is 0. The highest BCUT2D eigenvalue weighted by atomic mass is 35.5. The van der Waals surface area contributed by atoms with Crippen molar-refractivity contribution in [2.45, 2.75) is 0 Å². The van der Waals surface area contributed by atoms with Gasteiger partial charge in [0.2, 0.25) is 0 Å². The third-order valence-electron chi connectivity index (χ3n) is 1.89. The number of rotatable bonds is 1. The Balaban J connectivity index is 2.24. The van der Waals surface area contributed by atoms with Crippen molar-refractivity contribution in [3.05, 3.63) is 34.9 Å². The molecule has 0 aliphatic carbocycles. The SMILES string of the molecule is Clc1ccc(C2=NNCNC2)cc1. The Morgan fingerprint density at radius 2 is 2.00 bits per heavy atom. The summed E-state index contributed by atoms with van der Waals surface area (Å²) in [6.07, 6.45) is 0. The number of hydrogen-bond donors (Lipinski definition) is 2. The summed E-state index contributed by atoms with van der Waals surface area (Å²) in [5.41, 5.74) is 5.01. The van der Waals surface area contributed by atoms with Crippen molar-refractivity contribution in [2.24, 2.45) is 5.10 Å². The molecule has 0 radical (unpaired) electrons. The predicted molar refractivity (Wildman–Crippen MR) is 54.0 cm³/mol. The van der Waals surface area contributed by atoms with Crippen LogP contribution in [-0.2, 0) is 0 Å². The van der Waals surface area contributed by atoms with Crippen molar-refractivity contribution in [3.8, 4) is 0 Å². The molecule has 68 valence electrons. The highest BCUT2D eigenvalue weighted by Crippen LogP contribution is 2.10. The lowest BCUT2D eigenvalue weighted by molar-refractivity contribution is 0.615. The molecule has 1 aliphatic rings. The molecule has 2 N–H and O–H groups in total. The summed E-state index contributed by atoms with van der Waals surface area (Å²) < 4.78 is 0. The van der Waals surface area contributed by atoms with E-state index in [1.165, 1.54) is 0 Å². The molecule has 0 bridgehead atoms. The predicted octanol–water partition coefficient (Wildman–Crippen LogP) is 1.19. The third kappa shape index (κ3) is 1.99. The van der Waals surface area contributed by atoms with Crippen molar-refractivity contribution in [2.75, 3.05) is 13.2 Å². The van der Waals surface area contributed by atoms with E-state index < -0.39 is 0 Å². The summed E-state index contributed by atoms with van der Waals surface area (Å²) in [6, 6.07) is 7.67. The van der Waals surface area contributed by atoms with Crippen LogP contribution in [0.1, 0.15) is 5.56 Å². The molecule has 0 saturated carbocycles. The third-order valence-corrected chi connectivity index (χ3v) is 2.14. The van der Waals surface area contributed by atoms with Crippen LogP contribution in [0.15, 0.2) is 29.4 Å². The Morgan fingerprint density at radius 1 is 1.23 bits per heavy atom. The van der Waals surface area contributed by atoms with Gasteiger partial charge in [-0.1, -0.05) is 23.7 Å². The molecule has 1 aromatic rings. The first-order chi connectivity index (χ1) is 6.36. The molecule has 0 atom stereocenters. The van der Waals surface area contributed by atoms with Gasteiger partial charge in [-0.2, -0.15) is 5.10 Å². The standard InChI is InChI=1S/C9H10ClN3/c10-8-3-1-7(2-4-8)9-5-11-6-12-13-9/h1-4,11-12H,5-6H2. The molecule has 3 nitrogen and oxygen atoms in total. The van der Waals surface area contributed by atoms with Crippen LogP contribution in [0.25, 0.3) is 0 Å². The number of nitrogens with zero attached hydrogens (tertiary/aromatic N) is 1. The fourth-order valence-electron chi connectivity index (χ4n) is 1.22. The summed E-state index contributed by atoms with van der Waals surface area (Å²) in [4.78, 5) is 0. The Labute approximate surface area is 81.8 Å². The van der Waals surface area contributed by atoms with E-state index in [-0.39, 0.29) is 0 Å². The second-order valence-electron chi connectivity index (χ2n) is 2.83. The largest absolute Gasteiger partial charge is 0.296 e. The van der Waals surface area contributed by atoms with Gasteiger partial charge in [0.25, 0.3) is 0 Å². The molecule has 2 rings (SSSR count). The van der Waals surface area contributed by atoms with Gasteiger partial charge >= 0.3 is 0 Å². The Bertz CT molecular complexity index is 318. The van der Waals surface area contributed by atoms with E-state index in [0.29, 0.717) is 0 Å². The second kappa shape index (κ2) is 3.77. The molecular formula is C9H10ClN3. The maximum atomic E-state index is 5.78. The molecule has 0 fully saturated rings. The fourth-order valence-corrected chi connectivity index (χ4v) is 1.35. The van der Waals surface area contributed by atoms with Crippen LogP contribution in [0.4, 0.5) is 0 Å². The lowest BCUT2D eigenvalue weighted by atomic mass is 10.1. The molecule has 1 aliphatic heterocycles.